The first-order valence-electron chi connectivity index (χ1n) is 10.5. The van der Waals surface area contributed by atoms with E-state index in [4.69, 9.17) is 14.9 Å². The largest absolute Gasteiger partial charge is 0.493 e. The molecule has 0 aliphatic carbocycles. The highest BCUT2D eigenvalue weighted by molar-refractivity contribution is 5.94. The molecule has 3 rings (SSSR count). The molecule has 0 aliphatic rings. The number of hydrogen-bond acceptors (Lipinski definition) is 4. The minimum atomic E-state index is -4.74. The van der Waals surface area contributed by atoms with E-state index in [1.54, 1.807) is 30.3 Å². The van der Waals surface area contributed by atoms with E-state index in [2.05, 4.69) is 5.32 Å². The number of carboxylic acid groups (broad SMARTS) is 1. The van der Waals surface area contributed by atoms with Crippen LogP contribution in [0.5, 0.6) is 5.75 Å². The molecule has 3 aromatic carbocycles. The number of aromatic carboxylic acids is 1. The number of carboxylic acids is 1. The molecule has 0 aliphatic heterocycles. The number of rotatable bonds is 9. The molecule has 3 aromatic rings. The van der Waals surface area contributed by atoms with Crippen LogP contribution in [0.15, 0.2) is 60.7 Å². The number of carbonyl (C=O) groups excluding carboxylic acids is 1. The molecule has 0 unspecified atom stereocenters. The molecule has 0 saturated carbocycles. The Hall–Kier alpha value is -3.92. The number of alkyl halides is 3. The van der Waals surface area contributed by atoms with Crippen molar-refractivity contribution in [3.05, 3.63) is 88.7 Å². The minimum absolute atomic E-state index is 0.0900. The second-order valence-electron chi connectivity index (χ2n) is 7.51. The first-order chi connectivity index (χ1) is 16.6. The van der Waals surface area contributed by atoms with Crippen molar-refractivity contribution in [3.8, 4) is 16.9 Å². The molecule has 0 atom stereocenters. The Labute approximate surface area is 197 Å². The van der Waals surface area contributed by atoms with Gasteiger partial charge in [0.25, 0.3) is 5.91 Å². The smallest absolute Gasteiger partial charge is 0.416 e. The topological polar surface area (TPSA) is 95.9 Å². The molecule has 184 valence electrons. The van der Waals surface area contributed by atoms with Crippen LogP contribution in [0.2, 0.25) is 0 Å². The molecular formula is C25H21F4NO5. The molecule has 6 nitrogen and oxygen atoms in total. The summed E-state index contributed by atoms with van der Waals surface area (Å²) in [6.07, 6.45) is -4.37. The number of aliphatic hydroxyl groups excluding tert-OH is 1. The van der Waals surface area contributed by atoms with Gasteiger partial charge in [0.15, 0.2) is 0 Å². The summed E-state index contributed by atoms with van der Waals surface area (Å²) >= 11 is 0. The van der Waals surface area contributed by atoms with Crippen LogP contribution in [0, 0.1) is 5.82 Å². The van der Waals surface area contributed by atoms with Gasteiger partial charge < -0.3 is 20.3 Å². The zero-order valence-corrected chi connectivity index (χ0v) is 18.2. The Morgan fingerprint density at radius 1 is 0.943 bits per heavy atom. The fraction of sp³-hybridized carbons (Fsp3) is 0.200. The maximum atomic E-state index is 14.2. The van der Waals surface area contributed by atoms with Gasteiger partial charge in [0.1, 0.15) is 11.6 Å². The number of halogens is 4. The Bertz CT molecular complexity index is 1210. The van der Waals surface area contributed by atoms with Gasteiger partial charge in [0.2, 0.25) is 0 Å². The van der Waals surface area contributed by atoms with Crippen LogP contribution in [0.3, 0.4) is 0 Å². The highest BCUT2D eigenvalue weighted by Crippen LogP contribution is 2.31. The van der Waals surface area contributed by atoms with E-state index in [-0.39, 0.29) is 31.4 Å². The van der Waals surface area contributed by atoms with Crippen LogP contribution >= 0.6 is 0 Å². The zero-order chi connectivity index (χ0) is 25.6. The number of carbonyl (C=O) groups is 2. The molecule has 1 amide bonds. The summed E-state index contributed by atoms with van der Waals surface area (Å²) in [5.41, 5.74) is 0.237. The lowest BCUT2D eigenvalue weighted by Crippen LogP contribution is -2.24. The number of aliphatic hydroxyl groups is 1. The second-order valence-corrected chi connectivity index (χ2v) is 7.51. The lowest BCUT2D eigenvalue weighted by molar-refractivity contribution is -0.137. The second kappa shape index (κ2) is 11.0. The summed E-state index contributed by atoms with van der Waals surface area (Å²) in [5, 5.41) is 20.5. The minimum Gasteiger partial charge on any atom is -0.493 e. The number of ether oxygens (including phenoxy) is 1. The molecule has 0 fully saturated rings. The van der Waals surface area contributed by atoms with E-state index in [9.17, 15) is 27.2 Å². The molecule has 0 heterocycles. The van der Waals surface area contributed by atoms with Crippen molar-refractivity contribution < 1.29 is 42.1 Å². The Kier molecular flexibility index (Phi) is 8.08. The summed E-state index contributed by atoms with van der Waals surface area (Å²) in [6.45, 7) is -0.0281. The van der Waals surface area contributed by atoms with Crippen LogP contribution in [0.25, 0.3) is 11.1 Å². The predicted molar refractivity (Wildman–Crippen MR) is 119 cm³/mol. The van der Waals surface area contributed by atoms with Crippen molar-refractivity contribution in [2.75, 3.05) is 13.2 Å². The summed E-state index contributed by atoms with van der Waals surface area (Å²) in [6, 6.07) is 12.8. The van der Waals surface area contributed by atoms with Gasteiger partial charge in [-0.05, 0) is 53.6 Å². The van der Waals surface area contributed by atoms with Crippen molar-refractivity contribution in [2.24, 2.45) is 0 Å². The average Bonchev–Trinajstić information content (AvgIpc) is 2.82. The molecule has 0 saturated heterocycles. The van der Waals surface area contributed by atoms with Crippen molar-refractivity contribution in [2.45, 2.75) is 19.1 Å². The number of amides is 1. The van der Waals surface area contributed by atoms with Crippen molar-refractivity contribution in [3.63, 3.8) is 0 Å². The summed E-state index contributed by atoms with van der Waals surface area (Å²) in [7, 11) is 0. The average molecular weight is 491 g/mol. The Morgan fingerprint density at radius 3 is 2.23 bits per heavy atom. The molecule has 0 radical (unpaired) electrons. The summed E-state index contributed by atoms with van der Waals surface area (Å²) < 4.78 is 58.1. The highest BCUT2D eigenvalue weighted by Gasteiger charge is 2.31. The fourth-order valence-corrected chi connectivity index (χ4v) is 3.24. The van der Waals surface area contributed by atoms with Gasteiger partial charge in [-0.3, -0.25) is 4.79 Å². The zero-order valence-electron chi connectivity index (χ0n) is 18.2. The summed E-state index contributed by atoms with van der Waals surface area (Å²) in [5.74, 6) is -2.89. The van der Waals surface area contributed by atoms with Crippen molar-refractivity contribution in [1.29, 1.82) is 0 Å². The molecule has 3 N–H and O–H groups in total. The molecule has 10 heteroatoms. The third-order valence-electron chi connectivity index (χ3n) is 5.07. The van der Waals surface area contributed by atoms with E-state index >= 15 is 0 Å². The van der Waals surface area contributed by atoms with Gasteiger partial charge in [-0.15, -0.1) is 0 Å². The van der Waals surface area contributed by atoms with Gasteiger partial charge in [0.05, 0.1) is 23.3 Å². The normalized spacial score (nSPS) is 11.2. The molecule has 0 bridgehead atoms. The number of hydrogen-bond donors (Lipinski definition) is 3. The highest BCUT2D eigenvalue weighted by atomic mass is 19.4. The first kappa shape index (κ1) is 25.7. The van der Waals surface area contributed by atoms with Crippen LogP contribution < -0.4 is 10.1 Å². The quantitative estimate of drug-likeness (QED) is 0.292. The van der Waals surface area contributed by atoms with Gasteiger partial charge in [0, 0.05) is 25.1 Å². The van der Waals surface area contributed by atoms with Gasteiger partial charge in [-0.1, -0.05) is 18.2 Å². The third kappa shape index (κ3) is 6.57. The predicted octanol–water partition coefficient (Wildman–Crippen LogP) is 4.90. The lowest BCUT2D eigenvalue weighted by Gasteiger charge is -2.15. The molecular weight excluding hydrogens is 470 g/mol. The SMILES string of the molecule is O=C(O)c1ccc(-c2ccc(OCCCO)c(CNC(=O)c3ccc(C(F)(F)F)cc3F)c2)cc1. The van der Waals surface area contributed by atoms with Gasteiger partial charge >= 0.3 is 12.1 Å². The molecule has 35 heavy (non-hydrogen) atoms. The van der Waals surface area contributed by atoms with E-state index in [1.807, 2.05) is 0 Å². The van der Waals surface area contributed by atoms with Crippen molar-refractivity contribution >= 4 is 11.9 Å². The van der Waals surface area contributed by atoms with Crippen LogP contribution in [-0.2, 0) is 12.7 Å². The van der Waals surface area contributed by atoms with Crippen molar-refractivity contribution in [1.82, 2.24) is 5.32 Å². The Balaban J connectivity index is 1.83. The van der Waals surface area contributed by atoms with Crippen LogP contribution in [0.1, 0.15) is 38.3 Å². The van der Waals surface area contributed by atoms with E-state index in [0.29, 0.717) is 34.9 Å². The third-order valence-corrected chi connectivity index (χ3v) is 5.07. The fourth-order valence-electron chi connectivity index (χ4n) is 3.24. The number of nitrogens with one attached hydrogen (secondary N) is 1. The molecule has 0 spiro atoms. The van der Waals surface area contributed by atoms with Crippen LogP contribution in [0.4, 0.5) is 17.6 Å². The number of benzene rings is 3. The van der Waals surface area contributed by atoms with E-state index < -0.39 is 35.0 Å². The van der Waals surface area contributed by atoms with Gasteiger partial charge in [-0.2, -0.15) is 13.2 Å². The lowest BCUT2D eigenvalue weighted by atomic mass is 10.0. The van der Waals surface area contributed by atoms with E-state index in [0.717, 1.165) is 6.07 Å². The summed E-state index contributed by atoms with van der Waals surface area (Å²) in [4.78, 5) is 23.5. The Morgan fingerprint density at radius 2 is 1.63 bits per heavy atom. The standard InChI is InChI=1S/C25H21F4NO5/c26-21-13-19(25(27,28)29)7-8-20(21)23(32)30-14-18-12-17(6-9-22(18)35-11-1-10-31)15-2-4-16(5-3-15)24(33)34/h2-9,12-13,31H,1,10-11,14H2,(H,30,32)(H,33,34). The molecule has 0 aromatic heterocycles. The first-order valence-corrected chi connectivity index (χ1v) is 10.5. The van der Waals surface area contributed by atoms with Gasteiger partial charge in [-0.25, -0.2) is 9.18 Å². The maximum absolute atomic E-state index is 14.2. The monoisotopic (exact) mass is 491 g/mol. The van der Waals surface area contributed by atoms with E-state index in [1.165, 1.54) is 12.1 Å². The van der Waals surface area contributed by atoms with Crippen LogP contribution in [-0.4, -0.2) is 35.3 Å². The maximum Gasteiger partial charge on any atom is 0.416 e.